The van der Waals surface area contributed by atoms with Crippen LogP contribution in [0.15, 0.2) is 18.2 Å². The molecule has 1 nitrogen and oxygen atoms in total. The lowest BCUT2D eigenvalue weighted by Crippen LogP contribution is -2.21. The number of hydrogen-bond donors (Lipinski definition) is 1. The lowest BCUT2D eigenvalue weighted by atomic mass is 10.2. The van der Waals surface area contributed by atoms with E-state index in [1.54, 1.807) is 6.07 Å². The van der Waals surface area contributed by atoms with Crippen molar-refractivity contribution in [2.24, 2.45) is 0 Å². The molecule has 0 amide bonds. The van der Waals surface area contributed by atoms with E-state index in [0.29, 0.717) is 21.5 Å². The summed E-state index contributed by atoms with van der Waals surface area (Å²) in [5, 5.41) is 5.21. The van der Waals surface area contributed by atoms with Gasteiger partial charge < -0.3 is 0 Å². The van der Waals surface area contributed by atoms with Gasteiger partial charge in [-0.15, -0.1) is 11.8 Å². The molecule has 1 aromatic carbocycles. The fourth-order valence-corrected chi connectivity index (χ4v) is 3.29. The lowest BCUT2D eigenvalue weighted by Gasteiger charge is -2.11. The summed E-state index contributed by atoms with van der Waals surface area (Å²) in [6.07, 6.45) is 0. The van der Waals surface area contributed by atoms with Gasteiger partial charge in [0.25, 0.3) is 0 Å². The smallest absolute Gasteiger partial charge is 0.0793 e. The van der Waals surface area contributed by atoms with Gasteiger partial charge in [0.2, 0.25) is 0 Å². The lowest BCUT2D eigenvalue weighted by molar-refractivity contribution is 0.618. The Bertz CT molecular complexity index is 323. The predicted molar refractivity (Wildman–Crippen MR) is 64.3 cm³/mol. The number of nitrogens with one attached hydrogen (secondary N) is 1. The molecule has 1 N–H and O–H groups in total. The molecule has 1 saturated heterocycles. The van der Waals surface area contributed by atoms with Gasteiger partial charge in [0.15, 0.2) is 0 Å². The summed E-state index contributed by atoms with van der Waals surface area (Å²) in [6.45, 7) is 2.18. The zero-order valence-corrected chi connectivity index (χ0v) is 10.1. The molecular formula is C10H11Cl2NS. The molecule has 0 aromatic heterocycles. The maximum atomic E-state index is 5.94. The highest BCUT2D eigenvalue weighted by atomic mass is 35.5. The third-order valence-electron chi connectivity index (χ3n) is 2.14. The van der Waals surface area contributed by atoms with Crippen molar-refractivity contribution in [1.82, 2.24) is 5.32 Å². The second-order valence-corrected chi connectivity index (χ2v) is 5.49. The van der Waals surface area contributed by atoms with Gasteiger partial charge in [0.1, 0.15) is 0 Å². The third kappa shape index (κ3) is 2.37. The predicted octanol–water partition coefficient (Wildman–Crippen LogP) is 3.72. The molecule has 4 heteroatoms. The minimum Gasteiger partial charge on any atom is -0.298 e. The van der Waals surface area contributed by atoms with E-state index in [-0.39, 0.29) is 0 Å². The van der Waals surface area contributed by atoms with Gasteiger partial charge in [-0.2, -0.15) is 0 Å². The molecule has 1 fully saturated rings. The van der Waals surface area contributed by atoms with Gasteiger partial charge in [0.05, 0.1) is 5.37 Å². The fourth-order valence-electron chi connectivity index (χ4n) is 1.51. The van der Waals surface area contributed by atoms with Gasteiger partial charge in [-0.05, 0) is 30.7 Å². The molecule has 1 aliphatic rings. The molecule has 0 bridgehead atoms. The maximum Gasteiger partial charge on any atom is 0.0793 e. The van der Waals surface area contributed by atoms with Crippen LogP contribution in [0.5, 0.6) is 0 Å². The van der Waals surface area contributed by atoms with Crippen molar-refractivity contribution >= 4 is 35.0 Å². The zero-order valence-electron chi connectivity index (χ0n) is 7.76. The summed E-state index contributed by atoms with van der Waals surface area (Å²) < 4.78 is 0. The van der Waals surface area contributed by atoms with Crippen LogP contribution in [0.3, 0.4) is 0 Å². The maximum absolute atomic E-state index is 5.94. The normalized spacial score (nSPS) is 26.8. The van der Waals surface area contributed by atoms with E-state index >= 15 is 0 Å². The average molecular weight is 248 g/mol. The Morgan fingerprint density at radius 1 is 1.29 bits per heavy atom. The Hall–Kier alpha value is 0.110. The van der Waals surface area contributed by atoms with Crippen LogP contribution in [-0.4, -0.2) is 11.8 Å². The number of rotatable bonds is 1. The van der Waals surface area contributed by atoms with Crippen molar-refractivity contribution in [2.45, 2.75) is 18.3 Å². The van der Waals surface area contributed by atoms with Crippen LogP contribution < -0.4 is 5.32 Å². The van der Waals surface area contributed by atoms with E-state index in [4.69, 9.17) is 23.2 Å². The van der Waals surface area contributed by atoms with Crippen LogP contribution in [0.2, 0.25) is 10.0 Å². The van der Waals surface area contributed by atoms with Gasteiger partial charge in [-0.1, -0.05) is 23.2 Å². The number of hydrogen-bond acceptors (Lipinski definition) is 2. The number of benzene rings is 1. The van der Waals surface area contributed by atoms with Gasteiger partial charge in [0, 0.05) is 21.8 Å². The quantitative estimate of drug-likeness (QED) is 0.812. The fraction of sp³-hybridized carbons (Fsp3) is 0.400. The monoisotopic (exact) mass is 247 g/mol. The van der Waals surface area contributed by atoms with Crippen molar-refractivity contribution in [3.63, 3.8) is 0 Å². The molecule has 2 atom stereocenters. The van der Waals surface area contributed by atoms with E-state index in [1.165, 1.54) is 0 Å². The Kier molecular flexibility index (Phi) is 3.27. The summed E-state index contributed by atoms with van der Waals surface area (Å²) >= 11 is 13.8. The number of halogens is 2. The summed E-state index contributed by atoms with van der Waals surface area (Å²) in [5.74, 6) is 1.13. The highest BCUT2D eigenvalue weighted by molar-refractivity contribution is 7.99. The van der Waals surface area contributed by atoms with Crippen LogP contribution in [0, 0.1) is 0 Å². The third-order valence-corrected chi connectivity index (χ3v) is 4.01. The molecule has 76 valence electrons. The Morgan fingerprint density at radius 2 is 1.93 bits per heavy atom. The molecule has 0 spiro atoms. The van der Waals surface area contributed by atoms with E-state index in [1.807, 2.05) is 23.9 Å². The molecule has 14 heavy (non-hydrogen) atoms. The molecule has 2 unspecified atom stereocenters. The summed E-state index contributed by atoms with van der Waals surface area (Å²) in [7, 11) is 0. The van der Waals surface area contributed by atoms with Crippen molar-refractivity contribution in [3.05, 3.63) is 33.8 Å². The van der Waals surface area contributed by atoms with Crippen LogP contribution in [0.25, 0.3) is 0 Å². The van der Waals surface area contributed by atoms with E-state index in [2.05, 4.69) is 12.2 Å². The van der Waals surface area contributed by atoms with Gasteiger partial charge in [-0.25, -0.2) is 0 Å². The van der Waals surface area contributed by atoms with Crippen LogP contribution in [-0.2, 0) is 0 Å². The highest BCUT2D eigenvalue weighted by Gasteiger charge is 2.22. The van der Waals surface area contributed by atoms with Gasteiger partial charge in [-0.3, -0.25) is 5.32 Å². The minimum absolute atomic E-state index is 0.334. The first-order chi connectivity index (χ1) is 6.65. The van der Waals surface area contributed by atoms with Crippen molar-refractivity contribution in [2.75, 3.05) is 5.75 Å². The molecule has 0 radical (unpaired) electrons. The first kappa shape index (κ1) is 10.6. The van der Waals surface area contributed by atoms with Crippen LogP contribution in [0.1, 0.15) is 17.9 Å². The Morgan fingerprint density at radius 3 is 2.43 bits per heavy atom. The molecule has 1 heterocycles. The standard InChI is InChI=1S/C10H11Cl2NS/c1-6-5-14-10(13-6)7-2-8(11)4-9(12)3-7/h2-4,6,10,13H,5H2,1H3. The number of thioether (sulfide) groups is 1. The first-order valence-electron chi connectivity index (χ1n) is 4.49. The summed E-state index contributed by atoms with van der Waals surface area (Å²) in [5.41, 5.74) is 1.16. The second-order valence-electron chi connectivity index (χ2n) is 3.48. The van der Waals surface area contributed by atoms with Crippen molar-refractivity contribution in [1.29, 1.82) is 0 Å². The van der Waals surface area contributed by atoms with Gasteiger partial charge >= 0.3 is 0 Å². The van der Waals surface area contributed by atoms with E-state index in [9.17, 15) is 0 Å². The summed E-state index contributed by atoms with van der Waals surface area (Å²) in [4.78, 5) is 0. The largest absolute Gasteiger partial charge is 0.298 e. The van der Waals surface area contributed by atoms with Crippen LogP contribution in [0.4, 0.5) is 0 Å². The van der Waals surface area contributed by atoms with Crippen molar-refractivity contribution in [3.8, 4) is 0 Å². The minimum atomic E-state index is 0.334. The molecule has 1 aliphatic heterocycles. The van der Waals surface area contributed by atoms with Crippen LogP contribution >= 0.6 is 35.0 Å². The SMILES string of the molecule is CC1CSC(c2cc(Cl)cc(Cl)c2)N1. The molecular weight excluding hydrogens is 237 g/mol. The average Bonchev–Trinajstić information content (AvgIpc) is 2.50. The Balaban J connectivity index is 2.23. The summed E-state index contributed by atoms with van der Waals surface area (Å²) in [6, 6.07) is 6.25. The first-order valence-corrected chi connectivity index (χ1v) is 6.29. The molecule has 0 aliphatic carbocycles. The highest BCUT2D eigenvalue weighted by Crippen LogP contribution is 2.34. The van der Waals surface area contributed by atoms with E-state index < -0.39 is 0 Å². The zero-order chi connectivity index (χ0) is 10.1. The second kappa shape index (κ2) is 4.31. The molecule has 1 aromatic rings. The topological polar surface area (TPSA) is 12.0 Å². The van der Waals surface area contributed by atoms with Crippen molar-refractivity contribution < 1.29 is 0 Å². The van der Waals surface area contributed by atoms with E-state index in [0.717, 1.165) is 11.3 Å². The molecule has 2 rings (SSSR count). The Labute approximate surface area is 98.2 Å². The molecule has 0 saturated carbocycles.